The molecule has 6 rings (SSSR count). The van der Waals surface area contributed by atoms with Crippen molar-refractivity contribution in [2.45, 2.75) is 38.3 Å². The largest absolute Gasteiger partial charge is 0.365 e. The molecule has 2 aliphatic heterocycles. The van der Waals surface area contributed by atoms with E-state index in [4.69, 9.17) is 0 Å². The molecular formula is C25H28N6O2. The number of H-pyrrole nitrogens is 2. The minimum Gasteiger partial charge on any atom is -0.365 e. The first-order chi connectivity index (χ1) is 15.9. The molecule has 33 heavy (non-hydrogen) atoms. The Hall–Kier alpha value is -3.55. The third-order valence-electron chi connectivity index (χ3n) is 7.53. The molecule has 1 aliphatic carbocycles. The molecule has 0 unspecified atom stereocenters. The first-order valence-corrected chi connectivity index (χ1v) is 11.6. The summed E-state index contributed by atoms with van der Waals surface area (Å²) in [7, 11) is 0. The number of piperazine rings is 1. The number of rotatable bonds is 3. The van der Waals surface area contributed by atoms with Crippen LogP contribution >= 0.6 is 0 Å². The highest BCUT2D eigenvalue weighted by atomic mass is 16.2. The summed E-state index contributed by atoms with van der Waals surface area (Å²) in [4.78, 5) is 35.0. The molecule has 1 aromatic carbocycles. The van der Waals surface area contributed by atoms with Crippen molar-refractivity contribution in [2.75, 3.05) is 26.2 Å². The zero-order valence-electron chi connectivity index (χ0n) is 18.9. The lowest BCUT2D eigenvalue weighted by molar-refractivity contribution is -0.131. The number of benzene rings is 1. The van der Waals surface area contributed by atoms with Gasteiger partial charge in [-0.05, 0) is 25.0 Å². The minimum absolute atomic E-state index is 0.0220. The van der Waals surface area contributed by atoms with Crippen LogP contribution in [0.4, 0.5) is 0 Å². The number of carbonyl (C=O) groups excluding carboxylic acids is 2. The monoisotopic (exact) mass is 444 g/mol. The average molecular weight is 445 g/mol. The Morgan fingerprint density at radius 2 is 1.94 bits per heavy atom. The molecule has 1 spiro atoms. The fourth-order valence-corrected chi connectivity index (χ4v) is 5.36. The molecule has 170 valence electrons. The van der Waals surface area contributed by atoms with E-state index in [0.29, 0.717) is 31.9 Å². The van der Waals surface area contributed by atoms with Crippen molar-refractivity contribution in [3.8, 4) is 0 Å². The van der Waals surface area contributed by atoms with E-state index in [0.717, 1.165) is 59.4 Å². The Bertz CT molecular complexity index is 1250. The van der Waals surface area contributed by atoms with Gasteiger partial charge in [0.25, 0.3) is 5.91 Å². The molecule has 0 bridgehead atoms. The zero-order chi connectivity index (χ0) is 22.7. The van der Waals surface area contributed by atoms with Crippen molar-refractivity contribution >= 4 is 28.4 Å². The minimum atomic E-state index is -0.213. The number of aromatic amines is 2. The number of fused-ring (bicyclic) bond motifs is 2. The number of para-hydroxylation sites is 1. The second-order valence-corrected chi connectivity index (χ2v) is 9.54. The molecule has 0 atom stereocenters. The molecule has 8 nitrogen and oxygen atoms in total. The van der Waals surface area contributed by atoms with E-state index in [2.05, 4.69) is 44.9 Å². The molecule has 4 heterocycles. The van der Waals surface area contributed by atoms with E-state index in [1.165, 1.54) is 0 Å². The molecule has 3 aromatic rings. The Morgan fingerprint density at radius 1 is 1.12 bits per heavy atom. The normalized spacial score (nSPS) is 19.1. The number of hydrogen-bond acceptors (Lipinski definition) is 4. The Kier molecular flexibility index (Phi) is 4.40. The molecule has 8 heteroatoms. The van der Waals surface area contributed by atoms with Gasteiger partial charge in [-0.1, -0.05) is 24.8 Å². The summed E-state index contributed by atoms with van der Waals surface area (Å²) in [5.74, 6) is 0.0583. The number of nitrogens with zero attached hydrogens (tertiary/aromatic N) is 4. The van der Waals surface area contributed by atoms with Crippen LogP contribution in [0.15, 0.2) is 36.9 Å². The van der Waals surface area contributed by atoms with Gasteiger partial charge in [-0.2, -0.15) is 5.10 Å². The third-order valence-corrected chi connectivity index (χ3v) is 7.53. The summed E-state index contributed by atoms with van der Waals surface area (Å²) >= 11 is 0. The van der Waals surface area contributed by atoms with E-state index in [-0.39, 0.29) is 17.4 Å². The van der Waals surface area contributed by atoms with Crippen molar-refractivity contribution in [2.24, 2.45) is 0 Å². The van der Waals surface area contributed by atoms with Gasteiger partial charge in [0.15, 0.2) is 5.69 Å². The van der Waals surface area contributed by atoms with Gasteiger partial charge in [0.2, 0.25) is 5.91 Å². The van der Waals surface area contributed by atoms with Gasteiger partial charge in [0.05, 0.1) is 16.9 Å². The summed E-state index contributed by atoms with van der Waals surface area (Å²) in [5, 5.41) is 8.73. The van der Waals surface area contributed by atoms with Gasteiger partial charge in [-0.3, -0.25) is 14.7 Å². The van der Waals surface area contributed by atoms with Crippen LogP contribution in [0.25, 0.3) is 16.6 Å². The van der Waals surface area contributed by atoms with Crippen LogP contribution in [0.1, 0.15) is 47.2 Å². The lowest BCUT2D eigenvalue weighted by atomic mass is 10.0. The predicted molar refractivity (Wildman–Crippen MR) is 125 cm³/mol. The summed E-state index contributed by atoms with van der Waals surface area (Å²) in [5.41, 5.74) is 5.31. The van der Waals surface area contributed by atoms with Crippen molar-refractivity contribution in [1.82, 2.24) is 29.9 Å². The van der Waals surface area contributed by atoms with E-state index in [1.54, 1.807) is 6.92 Å². The average Bonchev–Trinajstić information content (AvgIpc) is 3.26. The maximum absolute atomic E-state index is 13.6. The maximum atomic E-state index is 13.6. The van der Waals surface area contributed by atoms with Crippen LogP contribution in [-0.4, -0.2) is 73.4 Å². The predicted octanol–water partition coefficient (Wildman–Crippen LogP) is 2.76. The van der Waals surface area contributed by atoms with Crippen molar-refractivity contribution in [3.05, 3.63) is 59.6 Å². The van der Waals surface area contributed by atoms with Gasteiger partial charge in [0.1, 0.15) is 0 Å². The maximum Gasteiger partial charge on any atom is 0.275 e. The summed E-state index contributed by atoms with van der Waals surface area (Å²) in [6, 6.07) is 10.3. The zero-order valence-corrected chi connectivity index (χ0v) is 18.9. The Balaban J connectivity index is 1.24. The van der Waals surface area contributed by atoms with Crippen molar-refractivity contribution in [1.29, 1.82) is 0 Å². The lowest BCUT2D eigenvalue weighted by Gasteiger charge is -2.41. The van der Waals surface area contributed by atoms with Crippen LogP contribution in [0.3, 0.4) is 0 Å². The number of aromatic nitrogens is 3. The Morgan fingerprint density at radius 3 is 2.70 bits per heavy atom. The SMILES string of the molecule is C=C(c1cc2ccccc2[nH]1)N1CCc2[nH]nc(C(=O)N3CCN(C(C)=O)CC34CC4)c2C1. The molecule has 0 radical (unpaired) electrons. The van der Waals surface area contributed by atoms with Gasteiger partial charge in [-0.25, -0.2) is 0 Å². The number of amides is 2. The first kappa shape index (κ1) is 20.1. The second-order valence-electron chi connectivity index (χ2n) is 9.54. The second kappa shape index (κ2) is 7.23. The quantitative estimate of drug-likeness (QED) is 0.650. The number of hydrogen-bond donors (Lipinski definition) is 2. The highest BCUT2D eigenvalue weighted by Crippen LogP contribution is 2.45. The lowest BCUT2D eigenvalue weighted by Crippen LogP contribution is -2.58. The van der Waals surface area contributed by atoms with Crippen LogP contribution in [0, 0.1) is 0 Å². The molecule has 1 saturated heterocycles. The smallest absolute Gasteiger partial charge is 0.275 e. The molecule has 2 aromatic heterocycles. The van der Waals surface area contributed by atoms with E-state index in [9.17, 15) is 9.59 Å². The van der Waals surface area contributed by atoms with Crippen molar-refractivity contribution < 1.29 is 9.59 Å². The number of nitrogens with one attached hydrogen (secondary N) is 2. The molecule has 2 N–H and O–H groups in total. The fraction of sp³-hybridized carbons (Fsp3) is 0.400. The van der Waals surface area contributed by atoms with Gasteiger partial charge in [0, 0.05) is 68.2 Å². The summed E-state index contributed by atoms with van der Waals surface area (Å²) in [6.45, 7) is 9.15. The topological polar surface area (TPSA) is 88.3 Å². The Labute approximate surface area is 192 Å². The van der Waals surface area contributed by atoms with Crippen LogP contribution < -0.4 is 0 Å². The van der Waals surface area contributed by atoms with E-state index in [1.807, 2.05) is 21.9 Å². The molecular weight excluding hydrogens is 416 g/mol. The molecule has 3 aliphatic rings. The highest BCUT2D eigenvalue weighted by Gasteiger charge is 2.54. The van der Waals surface area contributed by atoms with Crippen LogP contribution in [-0.2, 0) is 17.8 Å². The summed E-state index contributed by atoms with van der Waals surface area (Å²) in [6.07, 6.45) is 2.68. The summed E-state index contributed by atoms with van der Waals surface area (Å²) < 4.78 is 0. The van der Waals surface area contributed by atoms with Gasteiger partial charge in [-0.15, -0.1) is 0 Å². The standard InChI is InChI=1S/C25H28N6O2/c1-16(22-13-18-5-3-4-6-20(18)26-22)29-10-7-21-19(14-29)23(28-27-21)24(33)31-12-11-30(17(2)32)15-25(31)8-9-25/h3-6,13,26H,1,7-12,14-15H2,2H3,(H,27,28). The molecule has 1 saturated carbocycles. The third kappa shape index (κ3) is 3.23. The van der Waals surface area contributed by atoms with Gasteiger partial charge >= 0.3 is 0 Å². The van der Waals surface area contributed by atoms with Crippen LogP contribution in [0.5, 0.6) is 0 Å². The van der Waals surface area contributed by atoms with E-state index < -0.39 is 0 Å². The van der Waals surface area contributed by atoms with E-state index >= 15 is 0 Å². The fourth-order valence-electron chi connectivity index (χ4n) is 5.36. The van der Waals surface area contributed by atoms with Crippen LogP contribution in [0.2, 0.25) is 0 Å². The number of carbonyl (C=O) groups is 2. The van der Waals surface area contributed by atoms with Crippen molar-refractivity contribution in [3.63, 3.8) is 0 Å². The molecule has 2 fully saturated rings. The highest BCUT2D eigenvalue weighted by molar-refractivity contribution is 5.95. The first-order valence-electron chi connectivity index (χ1n) is 11.6. The van der Waals surface area contributed by atoms with Gasteiger partial charge < -0.3 is 19.7 Å². The molecule has 2 amide bonds.